The Morgan fingerprint density at radius 3 is 2.40 bits per heavy atom. The molecule has 0 aromatic heterocycles. The van der Waals surface area contributed by atoms with E-state index in [1.54, 1.807) is 24.3 Å². The van der Waals surface area contributed by atoms with Crippen molar-refractivity contribution in [1.29, 1.82) is 0 Å². The lowest BCUT2D eigenvalue weighted by molar-refractivity contribution is -0.118. The molecule has 0 spiro atoms. The van der Waals surface area contributed by atoms with Crippen molar-refractivity contribution in [3.63, 3.8) is 0 Å². The third-order valence-electron chi connectivity index (χ3n) is 7.25. The van der Waals surface area contributed by atoms with Gasteiger partial charge >= 0.3 is 0 Å². The number of hydrogen-bond donors (Lipinski definition) is 4. The second-order valence-corrected chi connectivity index (χ2v) is 13.7. The van der Waals surface area contributed by atoms with Crippen LogP contribution in [-0.4, -0.2) is 47.5 Å². The van der Waals surface area contributed by atoms with Crippen molar-refractivity contribution in [2.75, 3.05) is 6.54 Å². The fraction of sp³-hybridized carbons (Fsp3) is 0.321. The summed E-state index contributed by atoms with van der Waals surface area (Å²) in [5.74, 6) is -1.19. The molecule has 2 aliphatic heterocycles. The summed E-state index contributed by atoms with van der Waals surface area (Å²) in [6, 6.07) is 21.2. The van der Waals surface area contributed by atoms with E-state index in [1.165, 1.54) is 23.8 Å². The molecule has 0 bridgehead atoms. The molecule has 3 aromatic rings. The van der Waals surface area contributed by atoms with E-state index < -0.39 is 49.2 Å². The van der Waals surface area contributed by atoms with Crippen molar-refractivity contribution in [2.24, 2.45) is 0 Å². The molecule has 2 saturated heterocycles. The van der Waals surface area contributed by atoms with Crippen LogP contribution in [0.3, 0.4) is 0 Å². The summed E-state index contributed by atoms with van der Waals surface area (Å²) < 4.78 is 69.5. The van der Waals surface area contributed by atoms with Crippen molar-refractivity contribution in [3.8, 4) is 0 Å². The zero-order valence-corrected chi connectivity index (χ0v) is 23.2. The minimum absolute atomic E-state index is 0.117. The highest BCUT2D eigenvalue weighted by molar-refractivity contribution is 7.90. The van der Waals surface area contributed by atoms with E-state index in [0.29, 0.717) is 12.1 Å². The molecule has 1 unspecified atom stereocenters. The molecule has 212 valence electrons. The van der Waals surface area contributed by atoms with Crippen LogP contribution in [0.25, 0.3) is 0 Å². The monoisotopic (exact) mass is 586 g/mol. The van der Waals surface area contributed by atoms with Gasteiger partial charge in [-0.05, 0) is 54.2 Å². The topological polar surface area (TPSA) is 133 Å². The van der Waals surface area contributed by atoms with Gasteiger partial charge in [0, 0.05) is 12.6 Å². The van der Waals surface area contributed by atoms with Crippen LogP contribution in [0.5, 0.6) is 0 Å². The predicted molar refractivity (Wildman–Crippen MR) is 149 cm³/mol. The number of amides is 1. The van der Waals surface area contributed by atoms with Crippen LogP contribution >= 0.6 is 0 Å². The van der Waals surface area contributed by atoms with Crippen LogP contribution in [0.4, 0.5) is 4.39 Å². The van der Waals surface area contributed by atoms with Crippen LogP contribution in [0.1, 0.15) is 34.8 Å². The van der Waals surface area contributed by atoms with E-state index in [4.69, 9.17) is 0 Å². The summed E-state index contributed by atoms with van der Waals surface area (Å²) in [5.41, 5.74) is 2.47. The Morgan fingerprint density at radius 2 is 1.73 bits per heavy atom. The molecule has 2 fully saturated rings. The average Bonchev–Trinajstić information content (AvgIpc) is 3.51. The van der Waals surface area contributed by atoms with Gasteiger partial charge in [-0.1, -0.05) is 60.7 Å². The van der Waals surface area contributed by atoms with Gasteiger partial charge in [0.1, 0.15) is 11.1 Å². The lowest BCUT2D eigenvalue weighted by Crippen LogP contribution is -2.54. The highest BCUT2D eigenvalue weighted by atomic mass is 32.2. The van der Waals surface area contributed by atoms with Crippen molar-refractivity contribution in [2.45, 2.75) is 54.1 Å². The van der Waals surface area contributed by atoms with Crippen LogP contribution < -0.4 is 20.1 Å². The number of halogens is 1. The van der Waals surface area contributed by atoms with E-state index >= 15 is 0 Å². The summed E-state index contributed by atoms with van der Waals surface area (Å²) in [7, 11) is -7.82. The van der Waals surface area contributed by atoms with Gasteiger partial charge in [0.05, 0.1) is 23.5 Å². The first kappa shape index (κ1) is 28.4. The van der Waals surface area contributed by atoms with Crippen molar-refractivity contribution in [3.05, 3.63) is 101 Å². The van der Waals surface area contributed by atoms with Gasteiger partial charge in [0.25, 0.3) is 0 Å². The standard InChI is InChI=1S/C28H31FN4O5S2/c29-22-7-4-8-24(16-22)39(35,36)32-25(28-30-18-23(31-28)14-11-19-5-2-1-3-6-19)15-20-9-12-21(13-10-20)26-17-27(34)33-40(26,37)38/h1-10,12-13,16,23,25-26,28,30-32H,11,14-15,17-18H2,(H,33,34)/t23-,25+,26+,28?/m1/s1. The highest BCUT2D eigenvalue weighted by Gasteiger charge is 2.38. The molecule has 0 saturated carbocycles. The zero-order valence-electron chi connectivity index (χ0n) is 21.6. The van der Waals surface area contributed by atoms with Crippen LogP contribution in [0.2, 0.25) is 0 Å². The molecular weight excluding hydrogens is 555 g/mol. The number of aryl methyl sites for hydroxylation is 1. The predicted octanol–water partition coefficient (Wildman–Crippen LogP) is 2.13. The molecule has 3 aromatic carbocycles. The summed E-state index contributed by atoms with van der Waals surface area (Å²) in [5, 5.41) is 5.93. The fourth-order valence-corrected chi connectivity index (χ4v) is 7.88. The highest BCUT2D eigenvalue weighted by Crippen LogP contribution is 2.30. The Balaban J connectivity index is 1.33. The Morgan fingerprint density at radius 1 is 0.975 bits per heavy atom. The summed E-state index contributed by atoms with van der Waals surface area (Å²) >= 11 is 0. The minimum Gasteiger partial charge on any atom is -0.299 e. The van der Waals surface area contributed by atoms with Gasteiger partial charge in [-0.2, -0.15) is 0 Å². The Labute approximate surface area is 233 Å². The summed E-state index contributed by atoms with van der Waals surface area (Å²) in [4.78, 5) is 11.5. The number of carbonyl (C=O) groups is 1. The number of sulfonamides is 2. The molecule has 4 atom stereocenters. The molecule has 4 N–H and O–H groups in total. The van der Waals surface area contributed by atoms with E-state index in [1.807, 2.05) is 22.9 Å². The average molecular weight is 587 g/mol. The first-order valence-corrected chi connectivity index (χ1v) is 16.1. The third-order valence-corrected chi connectivity index (χ3v) is 10.4. The van der Waals surface area contributed by atoms with E-state index in [2.05, 4.69) is 27.5 Å². The van der Waals surface area contributed by atoms with Gasteiger partial charge in [-0.15, -0.1) is 0 Å². The van der Waals surface area contributed by atoms with Crippen LogP contribution in [0, 0.1) is 5.82 Å². The van der Waals surface area contributed by atoms with Gasteiger partial charge in [-0.25, -0.2) is 25.9 Å². The molecule has 2 aliphatic rings. The number of carbonyl (C=O) groups excluding carboxylic acids is 1. The number of hydrogen-bond acceptors (Lipinski definition) is 7. The minimum atomic E-state index is -4.05. The molecule has 1 amide bonds. The number of nitrogens with one attached hydrogen (secondary N) is 4. The van der Waals surface area contributed by atoms with Crippen molar-refractivity contribution >= 4 is 26.0 Å². The smallest absolute Gasteiger partial charge is 0.242 e. The Hall–Kier alpha value is -3.16. The molecule has 5 rings (SSSR count). The molecule has 0 radical (unpaired) electrons. The lowest BCUT2D eigenvalue weighted by Gasteiger charge is -2.26. The number of rotatable bonds is 10. The normalized spacial score (nSPS) is 23.1. The quantitative estimate of drug-likeness (QED) is 0.286. The largest absolute Gasteiger partial charge is 0.299 e. The lowest BCUT2D eigenvalue weighted by atomic mass is 10.0. The molecule has 9 nitrogen and oxygen atoms in total. The maximum absolute atomic E-state index is 13.8. The molecule has 40 heavy (non-hydrogen) atoms. The maximum Gasteiger partial charge on any atom is 0.242 e. The second-order valence-electron chi connectivity index (χ2n) is 10.2. The van der Waals surface area contributed by atoms with Gasteiger partial charge in [-0.3, -0.25) is 20.2 Å². The molecule has 0 aliphatic carbocycles. The van der Waals surface area contributed by atoms with E-state index in [-0.39, 0.29) is 23.8 Å². The van der Waals surface area contributed by atoms with Gasteiger partial charge in [0.15, 0.2) is 0 Å². The second kappa shape index (κ2) is 11.8. The van der Waals surface area contributed by atoms with Crippen LogP contribution in [0.15, 0.2) is 83.8 Å². The van der Waals surface area contributed by atoms with Crippen molar-refractivity contribution < 1.29 is 26.0 Å². The first-order chi connectivity index (χ1) is 19.1. The summed E-state index contributed by atoms with van der Waals surface area (Å²) in [6.45, 7) is 0.648. The van der Waals surface area contributed by atoms with Crippen LogP contribution in [-0.2, 0) is 37.7 Å². The molecule has 12 heteroatoms. The third kappa shape index (κ3) is 6.76. The maximum atomic E-state index is 13.8. The summed E-state index contributed by atoms with van der Waals surface area (Å²) in [6.07, 6.45) is 1.46. The molecule has 2 heterocycles. The zero-order chi connectivity index (χ0) is 28.3. The van der Waals surface area contributed by atoms with E-state index in [9.17, 15) is 26.0 Å². The Bertz CT molecular complexity index is 1570. The van der Waals surface area contributed by atoms with Gasteiger partial charge in [0.2, 0.25) is 26.0 Å². The number of benzene rings is 3. The Kier molecular flexibility index (Phi) is 8.34. The van der Waals surface area contributed by atoms with E-state index in [0.717, 1.165) is 24.5 Å². The SMILES string of the molecule is O=C1C[C@@H](c2ccc(C[C@H](NS(=O)(=O)c3cccc(F)c3)C3NC[C@@H](CCc4ccccc4)N3)cc2)S(=O)(=O)N1. The fourth-order valence-electron chi connectivity index (χ4n) is 5.17. The van der Waals surface area contributed by atoms with Crippen molar-refractivity contribution in [1.82, 2.24) is 20.1 Å². The first-order valence-electron chi connectivity index (χ1n) is 13.0. The van der Waals surface area contributed by atoms with Gasteiger partial charge < -0.3 is 0 Å². The molecular formula is C28H31FN4O5S2.